The third kappa shape index (κ3) is 4.76. The van der Waals surface area contributed by atoms with Crippen LogP contribution in [-0.4, -0.2) is 22.3 Å². The van der Waals surface area contributed by atoms with E-state index in [9.17, 15) is 9.59 Å². The van der Waals surface area contributed by atoms with Gasteiger partial charge in [0.15, 0.2) is 6.23 Å². The van der Waals surface area contributed by atoms with Gasteiger partial charge in [0.05, 0.1) is 10.7 Å². The van der Waals surface area contributed by atoms with Crippen LogP contribution in [0.4, 0.5) is 5.69 Å². The van der Waals surface area contributed by atoms with Gasteiger partial charge in [0, 0.05) is 28.0 Å². The van der Waals surface area contributed by atoms with E-state index in [0.717, 1.165) is 11.1 Å². The molecule has 154 valence electrons. The van der Waals surface area contributed by atoms with E-state index in [4.69, 9.17) is 33.7 Å². The Kier molecular flexibility index (Phi) is 6.66. The smallest absolute Gasteiger partial charge is 0.294 e. The largest absolute Gasteiger partial charge is 0.445 e. The number of nitrogens with two attached hydrogens (primary N) is 1. The number of benzene rings is 2. The highest BCUT2D eigenvalue weighted by molar-refractivity contribution is 6.35. The van der Waals surface area contributed by atoms with Gasteiger partial charge in [-0.3, -0.25) is 15.3 Å². The number of amides is 1. The van der Waals surface area contributed by atoms with Crippen molar-refractivity contribution in [3.8, 4) is 11.3 Å². The molecule has 0 radical (unpaired) electrons. The number of aromatic nitrogens is 2. The zero-order chi connectivity index (χ0) is 21.8. The minimum Gasteiger partial charge on any atom is -0.445 e. The first-order valence-electron chi connectivity index (χ1n) is 8.85. The number of nitrogens with one attached hydrogen (secondary N) is 1. The van der Waals surface area contributed by atoms with Crippen molar-refractivity contribution in [2.45, 2.75) is 20.1 Å². The lowest BCUT2D eigenvalue weighted by atomic mass is 10.0. The molecule has 0 fully saturated rings. The van der Waals surface area contributed by atoms with Gasteiger partial charge in [-0.05, 0) is 61.4 Å². The van der Waals surface area contributed by atoms with Crippen LogP contribution in [0.25, 0.3) is 11.3 Å². The van der Waals surface area contributed by atoms with Gasteiger partial charge in [-0.1, -0.05) is 23.2 Å². The lowest BCUT2D eigenvalue weighted by Crippen LogP contribution is -2.18. The third-order valence-electron chi connectivity index (χ3n) is 4.39. The molecule has 0 aliphatic heterocycles. The fraction of sp³-hybridized carbons (Fsp3) is 0.143. The SMILES string of the molecule is Cc1cc(C(N)OC=O)cc(C)c1NC(=O)c1nccc(-c2cc(Cl)ccc2Cl)n1. The predicted octanol–water partition coefficient (Wildman–Crippen LogP) is 4.45. The zero-order valence-electron chi connectivity index (χ0n) is 16.1. The summed E-state index contributed by atoms with van der Waals surface area (Å²) >= 11 is 12.3. The molecule has 1 heterocycles. The van der Waals surface area contributed by atoms with Gasteiger partial charge >= 0.3 is 0 Å². The molecule has 1 aromatic heterocycles. The monoisotopic (exact) mass is 444 g/mol. The number of hydrogen-bond donors (Lipinski definition) is 2. The first kappa shape index (κ1) is 21.7. The topological polar surface area (TPSA) is 107 Å². The number of carbonyl (C=O) groups is 2. The Balaban J connectivity index is 1.88. The van der Waals surface area contributed by atoms with Gasteiger partial charge in [-0.2, -0.15) is 0 Å². The van der Waals surface area contributed by atoms with Crippen molar-refractivity contribution in [1.82, 2.24) is 9.97 Å². The molecule has 9 heteroatoms. The summed E-state index contributed by atoms with van der Waals surface area (Å²) in [4.78, 5) is 31.7. The maximum absolute atomic E-state index is 12.8. The van der Waals surface area contributed by atoms with E-state index in [0.29, 0.717) is 39.0 Å². The Labute approximate surface area is 183 Å². The Bertz CT molecular complexity index is 1100. The Morgan fingerprint density at radius 3 is 2.53 bits per heavy atom. The average Bonchev–Trinajstić information content (AvgIpc) is 2.72. The van der Waals surface area contributed by atoms with E-state index in [2.05, 4.69) is 15.3 Å². The molecule has 0 aliphatic carbocycles. The van der Waals surface area contributed by atoms with E-state index in [1.807, 2.05) is 13.8 Å². The number of ether oxygens (including phenoxy) is 1. The van der Waals surface area contributed by atoms with Crippen LogP contribution < -0.4 is 11.1 Å². The van der Waals surface area contributed by atoms with Crippen LogP contribution in [0.3, 0.4) is 0 Å². The van der Waals surface area contributed by atoms with Crippen LogP contribution in [0.2, 0.25) is 10.0 Å². The van der Waals surface area contributed by atoms with Crippen LogP contribution in [0.5, 0.6) is 0 Å². The summed E-state index contributed by atoms with van der Waals surface area (Å²) in [6, 6.07) is 10.1. The zero-order valence-corrected chi connectivity index (χ0v) is 17.7. The van der Waals surface area contributed by atoms with Crippen LogP contribution in [0, 0.1) is 13.8 Å². The van der Waals surface area contributed by atoms with Gasteiger partial charge in [0.1, 0.15) is 0 Å². The predicted molar refractivity (Wildman–Crippen MR) is 115 cm³/mol. The summed E-state index contributed by atoms with van der Waals surface area (Å²) in [6.45, 7) is 3.91. The number of nitrogens with zero attached hydrogens (tertiary/aromatic N) is 2. The second-order valence-electron chi connectivity index (χ2n) is 6.53. The summed E-state index contributed by atoms with van der Waals surface area (Å²) < 4.78 is 4.77. The normalized spacial score (nSPS) is 11.6. The molecule has 0 bridgehead atoms. The van der Waals surface area contributed by atoms with Gasteiger partial charge in [-0.25, -0.2) is 9.97 Å². The van der Waals surface area contributed by atoms with Crippen molar-refractivity contribution in [3.05, 3.63) is 75.2 Å². The van der Waals surface area contributed by atoms with Gasteiger partial charge < -0.3 is 10.1 Å². The number of halogens is 2. The molecule has 0 spiro atoms. The first-order valence-corrected chi connectivity index (χ1v) is 9.61. The highest BCUT2D eigenvalue weighted by Crippen LogP contribution is 2.29. The molecular weight excluding hydrogens is 427 g/mol. The van der Waals surface area contributed by atoms with E-state index in [1.165, 1.54) is 6.20 Å². The fourth-order valence-electron chi connectivity index (χ4n) is 2.98. The van der Waals surface area contributed by atoms with Crippen molar-refractivity contribution in [2.24, 2.45) is 5.73 Å². The van der Waals surface area contributed by atoms with E-state index < -0.39 is 12.1 Å². The van der Waals surface area contributed by atoms with Crippen molar-refractivity contribution in [1.29, 1.82) is 0 Å². The van der Waals surface area contributed by atoms with E-state index in [1.54, 1.807) is 36.4 Å². The van der Waals surface area contributed by atoms with Crippen LogP contribution in [0.15, 0.2) is 42.6 Å². The van der Waals surface area contributed by atoms with Crippen LogP contribution in [-0.2, 0) is 9.53 Å². The second-order valence-corrected chi connectivity index (χ2v) is 7.37. The minimum absolute atomic E-state index is 0.0209. The molecule has 3 aromatic rings. The number of carbonyl (C=O) groups excluding carboxylic acids is 2. The summed E-state index contributed by atoms with van der Waals surface area (Å²) in [5, 5.41) is 3.78. The maximum Gasteiger partial charge on any atom is 0.294 e. The molecule has 1 unspecified atom stereocenters. The molecule has 7 nitrogen and oxygen atoms in total. The van der Waals surface area contributed by atoms with Crippen molar-refractivity contribution in [3.63, 3.8) is 0 Å². The second kappa shape index (κ2) is 9.21. The molecule has 3 N–H and O–H groups in total. The Morgan fingerprint density at radius 1 is 1.17 bits per heavy atom. The molecule has 0 saturated carbocycles. The minimum atomic E-state index is -0.882. The molecule has 3 rings (SSSR count). The highest BCUT2D eigenvalue weighted by atomic mass is 35.5. The number of anilines is 1. The summed E-state index contributed by atoms with van der Waals surface area (Å²) in [5.41, 5.74) is 9.58. The quantitative estimate of drug-likeness (QED) is 0.429. The molecule has 30 heavy (non-hydrogen) atoms. The summed E-state index contributed by atoms with van der Waals surface area (Å²) in [7, 11) is 0. The standard InChI is InChI=1S/C21H18Cl2N4O3/c1-11-7-13(19(24)30-10-28)8-12(2)18(11)27-21(29)20-25-6-5-17(26-20)15-9-14(22)3-4-16(15)23/h3-10,19H,24H2,1-2H3,(H,27,29). The van der Waals surface area contributed by atoms with Gasteiger partial charge in [0.2, 0.25) is 5.82 Å². The van der Waals surface area contributed by atoms with E-state index >= 15 is 0 Å². The fourth-order valence-corrected chi connectivity index (χ4v) is 3.36. The van der Waals surface area contributed by atoms with E-state index in [-0.39, 0.29) is 5.82 Å². The molecular formula is C21H18Cl2N4O3. The Morgan fingerprint density at radius 2 is 1.87 bits per heavy atom. The summed E-state index contributed by atoms with van der Waals surface area (Å²) in [6.07, 6.45) is 0.597. The lowest BCUT2D eigenvalue weighted by Gasteiger charge is -2.16. The molecule has 2 aromatic carbocycles. The highest BCUT2D eigenvalue weighted by Gasteiger charge is 2.17. The number of hydrogen-bond acceptors (Lipinski definition) is 6. The first-order chi connectivity index (χ1) is 14.3. The van der Waals surface area contributed by atoms with Crippen molar-refractivity contribution >= 4 is 41.3 Å². The van der Waals surface area contributed by atoms with Crippen molar-refractivity contribution in [2.75, 3.05) is 5.32 Å². The number of aryl methyl sites for hydroxylation is 2. The molecule has 0 aliphatic rings. The Hall–Kier alpha value is -3.00. The summed E-state index contributed by atoms with van der Waals surface area (Å²) in [5.74, 6) is -0.505. The van der Waals surface area contributed by atoms with Crippen molar-refractivity contribution < 1.29 is 14.3 Å². The molecule has 1 atom stereocenters. The average molecular weight is 445 g/mol. The van der Waals surface area contributed by atoms with Crippen LogP contribution in [0.1, 0.15) is 33.5 Å². The molecule has 0 saturated heterocycles. The maximum atomic E-state index is 12.8. The number of rotatable bonds is 6. The van der Waals surface area contributed by atoms with Crippen LogP contribution >= 0.6 is 23.2 Å². The lowest BCUT2D eigenvalue weighted by molar-refractivity contribution is -0.133. The third-order valence-corrected chi connectivity index (χ3v) is 4.95. The van der Waals surface area contributed by atoms with Gasteiger partial charge in [-0.15, -0.1) is 0 Å². The van der Waals surface area contributed by atoms with Gasteiger partial charge in [0.25, 0.3) is 12.4 Å². The molecule has 1 amide bonds.